The minimum absolute atomic E-state index is 0.0334. The molecule has 1 aliphatic rings. The molecule has 1 amide bonds. The van der Waals surface area contributed by atoms with Gasteiger partial charge in [-0.05, 0) is 19.8 Å². The number of hydrogen-bond acceptors (Lipinski definition) is 4. The molecule has 0 unspecified atom stereocenters. The molecule has 1 aromatic rings. The molecule has 2 rings (SSSR count). The van der Waals surface area contributed by atoms with E-state index >= 15 is 0 Å². The first-order valence-electron chi connectivity index (χ1n) is 6.63. The van der Waals surface area contributed by atoms with Crippen molar-refractivity contribution in [3.63, 3.8) is 0 Å². The summed E-state index contributed by atoms with van der Waals surface area (Å²) in [4.78, 5) is 12.1. The molecule has 0 aliphatic carbocycles. The van der Waals surface area contributed by atoms with Crippen LogP contribution in [-0.2, 0) is 20.8 Å². The third kappa shape index (κ3) is 4.04. The van der Waals surface area contributed by atoms with Gasteiger partial charge in [-0.25, -0.2) is 0 Å². The molecule has 1 N–H and O–H groups in total. The van der Waals surface area contributed by atoms with Crippen LogP contribution in [0.4, 0.5) is 5.69 Å². The molecular weight excluding hydrogens is 246 g/mol. The van der Waals surface area contributed by atoms with Crippen LogP contribution >= 0.6 is 0 Å². The summed E-state index contributed by atoms with van der Waals surface area (Å²) in [7, 11) is 1.65. The second-order valence-corrected chi connectivity index (χ2v) is 4.88. The second-order valence-electron chi connectivity index (χ2n) is 4.88. The Bertz CT molecular complexity index is 419. The SMILES string of the molecule is COCCn1cc(NC(=O)[C@@H]2CCO[C@@H](C)C2)cn1. The minimum Gasteiger partial charge on any atom is -0.383 e. The van der Waals surface area contributed by atoms with E-state index in [0.29, 0.717) is 19.8 Å². The number of carbonyl (C=O) groups is 1. The fourth-order valence-electron chi connectivity index (χ4n) is 2.22. The van der Waals surface area contributed by atoms with Crippen LogP contribution in [0.3, 0.4) is 0 Å². The Morgan fingerprint density at radius 3 is 3.26 bits per heavy atom. The zero-order chi connectivity index (χ0) is 13.7. The highest BCUT2D eigenvalue weighted by Gasteiger charge is 2.25. The van der Waals surface area contributed by atoms with Crippen LogP contribution in [0.1, 0.15) is 19.8 Å². The minimum atomic E-state index is 0.0334. The quantitative estimate of drug-likeness (QED) is 0.873. The summed E-state index contributed by atoms with van der Waals surface area (Å²) in [5.41, 5.74) is 0.736. The van der Waals surface area contributed by atoms with E-state index in [2.05, 4.69) is 10.4 Å². The van der Waals surface area contributed by atoms with E-state index in [1.165, 1.54) is 0 Å². The number of nitrogens with zero attached hydrogens (tertiary/aromatic N) is 2. The molecule has 0 aromatic carbocycles. The first-order valence-corrected chi connectivity index (χ1v) is 6.63. The van der Waals surface area contributed by atoms with Crippen molar-refractivity contribution < 1.29 is 14.3 Å². The van der Waals surface area contributed by atoms with Gasteiger partial charge in [0.25, 0.3) is 0 Å². The van der Waals surface area contributed by atoms with Gasteiger partial charge in [0.15, 0.2) is 0 Å². The Balaban J connectivity index is 1.86. The van der Waals surface area contributed by atoms with E-state index in [-0.39, 0.29) is 17.9 Å². The summed E-state index contributed by atoms with van der Waals surface area (Å²) >= 11 is 0. The van der Waals surface area contributed by atoms with Crippen LogP contribution in [0.15, 0.2) is 12.4 Å². The van der Waals surface area contributed by atoms with Crippen LogP contribution in [0, 0.1) is 5.92 Å². The topological polar surface area (TPSA) is 65.4 Å². The van der Waals surface area contributed by atoms with E-state index in [1.54, 1.807) is 18.0 Å². The number of rotatable bonds is 5. The molecule has 0 radical (unpaired) electrons. The zero-order valence-corrected chi connectivity index (χ0v) is 11.5. The Labute approximate surface area is 113 Å². The van der Waals surface area contributed by atoms with Crippen LogP contribution in [0.2, 0.25) is 0 Å². The number of ether oxygens (including phenoxy) is 2. The van der Waals surface area contributed by atoms with Crippen molar-refractivity contribution in [2.45, 2.75) is 32.4 Å². The molecule has 2 atom stereocenters. The fourth-order valence-corrected chi connectivity index (χ4v) is 2.22. The predicted octanol–water partition coefficient (Wildman–Crippen LogP) is 1.28. The van der Waals surface area contributed by atoms with Gasteiger partial charge in [0, 0.05) is 25.8 Å². The second kappa shape index (κ2) is 6.68. The summed E-state index contributed by atoms with van der Waals surface area (Å²) in [6, 6.07) is 0. The third-order valence-electron chi connectivity index (χ3n) is 3.28. The number of hydrogen-bond donors (Lipinski definition) is 1. The van der Waals surface area contributed by atoms with E-state index in [1.807, 2.05) is 13.1 Å². The number of carbonyl (C=O) groups excluding carboxylic acids is 1. The van der Waals surface area contributed by atoms with Gasteiger partial charge >= 0.3 is 0 Å². The lowest BCUT2D eigenvalue weighted by atomic mass is 9.95. The molecule has 2 heterocycles. The Kier molecular flexibility index (Phi) is 4.93. The van der Waals surface area contributed by atoms with Crippen molar-refractivity contribution in [1.29, 1.82) is 0 Å². The highest BCUT2D eigenvalue weighted by molar-refractivity contribution is 5.92. The molecule has 1 saturated heterocycles. The molecule has 106 valence electrons. The maximum atomic E-state index is 12.1. The molecule has 19 heavy (non-hydrogen) atoms. The monoisotopic (exact) mass is 267 g/mol. The Morgan fingerprint density at radius 2 is 2.53 bits per heavy atom. The van der Waals surface area contributed by atoms with Gasteiger partial charge in [-0.1, -0.05) is 0 Å². The van der Waals surface area contributed by atoms with Gasteiger partial charge in [-0.3, -0.25) is 9.48 Å². The number of methoxy groups -OCH3 is 1. The smallest absolute Gasteiger partial charge is 0.227 e. The van der Waals surface area contributed by atoms with Gasteiger partial charge < -0.3 is 14.8 Å². The van der Waals surface area contributed by atoms with Crippen LogP contribution in [0.5, 0.6) is 0 Å². The van der Waals surface area contributed by atoms with Gasteiger partial charge in [-0.15, -0.1) is 0 Å². The summed E-state index contributed by atoms with van der Waals surface area (Å²) < 4.78 is 12.2. The van der Waals surface area contributed by atoms with E-state index in [0.717, 1.165) is 18.5 Å². The van der Waals surface area contributed by atoms with Crippen molar-refractivity contribution in [2.24, 2.45) is 5.92 Å². The molecule has 0 saturated carbocycles. The van der Waals surface area contributed by atoms with Crippen LogP contribution in [-0.4, -0.2) is 42.1 Å². The first kappa shape index (κ1) is 14.0. The third-order valence-corrected chi connectivity index (χ3v) is 3.28. The summed E-state index contributed by atoms with van der Waals surface area (Å²) in [5, 5.41) is 7.07. The van der Waals surface area contributed by atoms with Crippen LogP contribution in [0.25, 0.3) is 0 Å². The molecule has 0 spiro atoms. The Hall–Kier alpha value is -1.40. The fraction of sp³-hybridized carbons (Fsp3) is 0.692. The number of nitrogens with one attached hydrogen (secondary N) is 1. The highest BCUT2D eigenvalue weighted by atomic mass is 16.5. The van der Waals surface area contributed by atoms with Crippen molar-refractivity contribution in [3.05, 3.63) is 12.4 Å². The van der Waals surface area contributed by atoms with E-state index in [9.17, 15) is 4.79 Å². The predicted molar refractivity (Wildman–Crippen MR) is 70.9 cm³/mol. The molecule has 1 aliphatic heterocycles. The summed E-state index contributed by atoms with van der Waals surface area (Å²) in [6.45, 7) is 3.95. The lowest BCUT2D eigenvalue weighted by Gasteiger charge is -2.26. The molecule has 0 bridgehead atoms. The maximum absolute atomic E-state index is 12.1. The molecule has 6 heteroatoms. The first-order chi connectivity index (χ1) is 9.19. The lowest BCUT2D eigenvalue weighted by molar-refractivity contribution is -0.124. The van der Waals surface area contributed by atoms with Crippen LogP contribution < -0.4 is 5.32 Å². The normalized spacial score (nSPS) is 23.3. The molecule has 1 fully saturated rings. The molecule has 6 nitrogen and oxygen atoms in total. The molecular formula is C13H21N3O3. The van der Waals surface area contributed by atoms with Crippen molar-refractivity contribution in [2.75, 3.05) is 25.6 Å². The number of aromatic nitrogens is 2. The molecule has 1 aromatic heterocycles. The van der Waals surface area contributed by atoms with Gasteiger partial charge in [-0.2, -0.15) is 5.10 Å². The maximum Gasteiger partial charge on any atom is 0.227 e. The van der Waals surface area contributed by atoms with E-state index < -0.39 is 0 Å². The van der Waals surface area contributed by atoms with Crippen molar-refractivity contribution >= 4 is 11.6 Å². The largest absolute Gasteiger partial charge is 0.383 e. The van der Waals surface area contributed by atoms with Crippen molar-refractivity contribution in [3.8, 4) is 0 Å². The Morgan fingerprint density at radius 1 is 1.68 bits per heavy atom. The number of anilines is 1. The zero-order valence-electron chi connectivity index (χ0n) is 11.5. The van der Waals surface area contributed by atoms with Gasteiger partial charge in [0.05, 0.1) is 31.1 Å². The van der Waals surface area contributed by atoms with E-state index in [4.69, 9.17) is 9.47 Å². The highest BCUT2D eigenvalue weighted by Crippen LogP contribution is 2.21. The van der Waals surface area contributed by atoms with Crippen molar-refractivity contribution in [1.82, 2.24) is 9.78 Å². The number of amides is 1. The summed E-state index contributed by atoms with van der Waals surface area (Å²) in [5.74, 6) is 0.0903. The summed E-state index contributed by atoms with van der Waals surface area (Å²) in [6.07, 6.45) is 5.21. The van der Waals surface area contributed by atoms with Gasteiger partial charge in [0.1, 0.15) is 0 Å². The standard InChI is InChI=1S/C13H21N3O3/c1-10-7-11(3-5-19-10)13(17)15-12-8-14-16(9-12)4-6-18-2/h8-11H,3-7H2,1-2H3,(H,15,17)/t10-,11+/m0/s1. The lowest BCUT2D eigenvalue weighted by Crippen LogP contribution is -2.32. The average molecular weight is 267 g/mol. The average Bonchev–Trinajstić information content (AvgIpc) is 2.84. The van der Waals surface area contributed by atoms with Gasteiger partial charge in [0.2, 0.25) is 5.91 Å².